The molecule has 16 heavy (non-hydrogen) atoms. The molecule has 4 heteroatoms. The molecule has 0 amide bonds. The highest BCUT2D eigenvalue weighted by Gasteiger charge is 2.14. The van der Waals surface area contributed by atoms with E-state index in [9.17, 15) is 4.79 Å². The third-order valence-corrected chi connectivity index (χ3v) is 2.78. The predicted octanol–water partition coefficient (Wildman–Crippen LogP) is 0.707. The molecule has 0 unspecified atom stereocenters. The zero-order valence-electron chi connectivity index (χ0n) is 9.32. The van der Waals surface area contributed by atoms with Gasteiger partial charge in [-0.1, -0.05) is 12.1 Å². The number of hydrogen-bond donors (Lipinski definition) is 2. The number of carbonyl (C=O) groups excluding carboxylic acids is 1. The van der Waals surface area contributed by atoms with E-state index in [1.165, 1.54) is 12.7 Å². The fourth-order valence-corrected chi connectivity index (χ4v) is 1.86. The van der Waals surface area contributed by atoms with Gasteiger partial charge in [-0.25, -0.2) is 4.79 Å². The summed E-state index contributed by atoms with van der Waals surface area (Å²) in [5.41, 5.74) is 1.79. The molecule has 2 N–H and O–H groups in total. The highest BCUT2D eigenvalue weighted by molar-refractivity contribution is 5.89. The number of benzene rings is 1. The van der Waals surface area contributed by atoms with E-state index in [1.54, 1.807) is 12.1 Å². The lowest BCUT2D eigenvalue weighted by molar-refractivity contribution is 0.0600. The molecule has 0 saturated carbocycles. The van der Waals surface area contributed by atoms with Crippen LogP contribution < -0.4 is 10.6 Å². The number of esters is 1. The van der Waals surface area contributed by atoms with Gasteiger partial charge >= 0.3 is 5.97 Å². The highest BCUT2D eigenvalue weighted by Crippen LogP contribution is 2.14. The lowest BCUT2D eigenvalue weighted by Gasteiger charge is -2.24. The lowest BCUT2D eigenvalue weighted by Crippen LogP contribution is -2.42. The number of rotatable bonds is 2. The van der Waals surface area contributed by atoms with Crippen molar-refractivity contribution in [2.75, 3.05) is 26.7 Å². The van der Waals surface area contributed by atoms with Crippen molar-refractivity contribution in [2.45, 2.75) is 6.04 Å². The van der Waals surface area contributed by atoms with Crippen molar-refractivity contribution in [3.8, 4) is 0 Å². The van der Waals surface area contributed by atoms with Crippen LogP contribution in [0.4, 0.5) is 0 Å². The molecule has 1 atom stereocenters. The summed E-state index contributed by atoms with van der Waals surface area (Å²) in [7, 11) is 1.39. The van der Waals surface area contributed by atoms with Crippen LogP contribution in [0.15, 0.2) is 24.3 Å². The maximum Gasteiger partial charge on any atom is 0.337 e. The van der Waals surface area contributed by atoms with Crippen molar-refractivity contribution < 1.29 is 9.53 Å². The maximum absolute atomic E-state index is 11.3. The zero-order valence-corrected chi connectivity index (χ0v) is 9.32. The Hall–Kier alpha value is -1.39. The maximum atomic E-state index is 11.3. The van der Waals surface area contributed by atoms with Gasteiger partial charge in [-0.05, 0) is 17.7 Å². The van der Waals surface area contributed by atoms with Crippen LogP contribution in [-0.4, -0.2) is 32.7 Å². The average Bonchev–Trinajstić information content (AvgIpc) is 2.39. The normalized spacial score (nSPS) is 20.4. The Morgan fingerprint density at radius 1 is 1.31 bits per heavy atom. The van der Waals surface area contributed by atoms with E-state index in [1.807, 2.05) is 12.1 Å². The number of ether oxygens (including phenoxy) is 1. The van der Waals surface area contributed by atoms with Crippen LogP contribution in [0.3, 0.4) is 0 Å². The van der Waals surface area contributed by atoms with Crippen LogP contribution >= 0.6 is 0 Å². The third kappa shape index (κ3) is 2.40. The first-order chi connectivity index (χ1) is 7.81. The van der Waals surface area contributed by atoms with Crippen molar-refractivity contribution in [3.63, 3.8) is 0 Å². The zero-order chi connectivity index (χ0) is 11.4. The molecule has 1 heterocycles. The fourth-order valence-electron chi connectivity index (χ4n) is 1.86. The summed E-state index contributed by atoms with van der Waals surface area (Å²) in [6.45, 7) is 2.91. The van der Waals surface area contributed by atoms with Crippen molar-refractivity contribution in [2.24, 2.45) is 0 Å². The minimum atomic E-state index is -0.290. The smallest absolute Gasteiger partial charge is 0.337 e. The van der Waals surface area contributed by atoms with Gasteiger partial charge in [0.15, 0.2) is 0 Å². The lowest BCUT2D eigenvalue weighted by atomic mass is 10.0. The standard InChI is InChI=1S/C12H16N2O2/c1-16-12(15)10-4-2-9(3-5-10)11-8-13-6-7-14-11/h2-5,11,13-14H,6-8H2,1H3/t11-/m0/s1. The van der Waals surface area contributed by atoms with Gasteiger partial charge in [0, 0.05) is 25.7 Å². The number of piperazine rings is 1. The van der Waals surface area contributed by atoms with Gasteiger partial charge in [0.2, 0.25) is 0 Å². The number of methoxy groups -OCH3 is 1. The summed E-state index contributed by atoms with van der Waals surface area (Å²) in [4.78, 5) is 11.3. The van der Waals surface area contributed by atoms with E-state index >= 15 is 0 Å². The van der Waals surface area contributed by atoms with E-state index in [0.717, 1.165) is 19.6 Å². The second-order valence-corrected chi connectivity index (χ2v) is 3.82. The van der Waals surface area contributed by atoms with E-state index < -0.39 is 0 Å². The number of nitrogens with one attached hydrogen (secondary N) is 2. The van der Waals surface area contributed by atoms with Crippen molar-refractivity contribution in [3.05, 3.63) is 35.4 Å². The first-order valence-corrected chi connectivity index (χ1v) is 5.43. The van der Waals surface area contributed by atoms with Crippen LogP contribution in [0.2, 0.25) is 0 Å². The SMILES string of the molecule is COC(=O)c1ccc([C@@H]2CNCCN2)cc1. The average molecular weight is 220 g/mol. The Balaban J connectivity index is 2.09. The van der Waals surface area contributed by atoms with Gasteiger partial charge in [-0.2, -0.15) is 0 Å². The van der Waals surface area contributed by atoms with E-state index in [4.69, 9.17) is 0 Å². The van der Waals surface area contributed by atoms with Crippen molar-refractivity contribution in [1.29, 1.82) is 0 Å². The Morgan fingerprint density at radius 3 is 2.62 bits per heavy atom. The summed E-state index contributed by atoms with van der Waals surface area (Å²) < 4.78 is 4.65. The number of carbonyl (C=O) groups is 1. The highest BCUT2D eigenvalue weighted by atomic mass is 16.5. The van der Waals surface area contributed by atoms with Crippen LogP contribution in [-0.2, 0) is 4.74 Å². The molecule has 4 nitrogen and oxygen atoms in total. The molecule has 1 aliphatic heterocycles. The Morgan fingerprint density at radius 2 is 2.06 bits per heavy atom. The molecular formula is C12H16N2O2. The molecule has 1 aliphatic rings. The molecule has 0 aliphatic carbocycles. The molecule has 1 saturated heterocycles. The molecule has 2 rings (SSSR count). The monoisotopic (exact) mass is 220 g/mol. The second kappa shape index (κ2) is 5.09. The summed E-state index contributed by atoms with van der Waals surface area (Å²) in [5.74, 6) is -0.290. The Bertz CT molecular complexity index is 356. The topological polar surface area (TPSA) is 50.4 Å². The van der Waals surface area contributed by atoms with E-state index in [0.29, 0.717) is 11.6 Å². The molecule has 0 radical (unpaired) electrons. The quantitative estimate of drug-likeness (QED) is 0.721. The molecule has 86 valence electrons. The van der Waals surface area contributed by atoms with Gasteiger partial charge in [0.05, 0.1) is 12.7 Å². The minimum Gasteiger partial charge on any atom is -0.465 e. The number of hydrogen-bond acceptors (Lipinski definition) is 4. The molecule has 0 aromatic heterocycles. The summed E-state index contributed by atoms with van der Waals surface area (Å²) in [5, 5.41) is 6.75. The molecular weight excluding hydrogens is 204 g/mol. The minimum absolute atomic E-state index is 0.290. The Kier molecular flexibility index (Phi) is 3.54. The molecule has 0 bridgehead atoms. The van der Waals surface area contributed by atoms with Crippen molar-refractivity contribution >= 4 is 5.97 Å². The summed E-state index contributed by atoms with van der Waals surface area (Å²) >= 11 is 0. The van der Waals surface area contributed by atoms with Gasteiger partial charge < -0.3 is 15.4 Å². The predicted molar refractivity (Wildman–Crippen MR) is 61.4 cm³/mol. The largest absolute Gasteiger partial charge is 0.465 e. The Labute approximate surface area is 95.0 Å². The van der Waals surface area contributed by atoms with Crippen LogP contribution in [0.25, 0.3) is 0 Å². The van der Waals surface area contributed by atoms with Gasteiger partial charge in [0.1, 0.15) is 0 Å². The van der Waals surface area contributed by atoms with Crippen molar-refractivity contribution in [1.82, 2.24) is 10.6 Å². The fraction of sp³-hybridized carbons (Fsp3) is 0.417. The molecule has 1 aromatic rings. The van der Waals surface area contributed by atoms with Gasteiger partial charge in [-0.15, -0.1) is 0 Å². The van der Waals surface area contributed by atoms with Gasteiger partial charge in [-0.3, -0.25) is 0 Å². The molecule has 0 spiro atoms. The molecule has 1 fully saturated rings. The van der Waals surface area contributed by atoms with Crippen LogP contribution in [0.1, 0.15) is 22.0 Å². The van der Waals surface area contributed by atoms with E-state index in [2.05, 4.69) is 15.4 Å². The molecule has 1 aromatic carbocycles. The summed E-state index contributed by atoms with van der Waals surface area (Å²) in [6, 6.07) is 7.88. The first-order valence-electron chi connectivity index (χ1n) is 5.43. The third-order valence-electron chi connectivity index (χ3n) is 2.78. The van der Waals surface area contributed by atoms with Crippen LogP contribution in [0, 0.1) is 0 Å². The van der Waals surface area contributed by atoms with Crippen LogP contribution in [0.5, 0.6) is 0 Å². The second-order valence-electron chi connectivity index (χ2n) is 3.82. The first kappa shape index (κ1) is 11.1. The van der Waals surface area contributed by atoms with E-state index in [-0.39, 0.29) is 5.97 Å². The summed E-state index contributed by atoms with van der Waals surface area (Å²) in [6.07, 6.45) is 0. The van der Waals surface area contributed by atoms with Gasteiger partial charge in [0.25, 0.3) is 0 Å².